The van der Waals surface area contributed by atoms with Crippen LogP contribution in [0.5, 0.6) is 0 Å². The Kier molecular flexibility index (Phi) is 13.8. The van der Waals surface area contributed by atoms with E-state index in [1.807, 2.05) is 39.0 Å². The lowest BCUT2D eigenvalue weighted by Gasteiger charge is -2.37. The van der Waals surface area contributed by atoms with E-state index in [2.05, 4.69) is 71.1 Å². The summed E-state index contributed by atoms with van der Waals surface area (Å²) < 4.78 is 14.2. The second kappa shape index (κ2) is 19.1. The molecule has 0 aliphatic carbocycles. The minimum atomic E-state index is -1.11. The van der Waals surface area contributed by atoms with Crippen molar-refractivity contribution in [3.05, 3.63) is 72.2 Å². The molecule has 0 radical (unpaired) electrons. The Morgan fingerprint density at radius 2 is 1.91 bits per heavy atom. The Morgan fingerprint density at radius 3 is 2.62 bits per heavy atom. The number of hydrogen-bond donors (Lipinski definition) is 3. The van der Waals surface area contributed by atoms with Gasteiger partial charge in [-0.05, 0) is 87.4 Å². The van der Waals surface area contributed by atoms with Gasteiger partial charge in [-0.15, -0.1) is 0 Å². The number of aryl methyl sites for hydroxylation is 1. The summed E-state index contributed by atoms with van der Waals surface area (Å²) in [6, 6.07) is 9.41. The first-order valence-electron chi connectivity index (χ1n) is 22.5. The molecule has 1 unspecified atom stereocenters. The van der Waals surface area contributed by atoms with Gasteiger partial charge >= 0.3 is 5.97 Å². The monoisotopic (exact) mass is 877 g/mol. The molecule has 1 aromatic carbocycles. The Morgan fingerprint density at radius 1 is 1.12 bits per heavy atom. The zero-order valence-corrected chi connectivity index (χ0v) is 38.4. The number of hydrogen-bond acceptors (Lipinski definition) is 10. The second-order valence-corrected chi connectivity index (χ2v) is 18.5. The van der Waals surface area contributed by atoms with Crippen LogP contribution in [0.2, 0.25) is 0 Å². The van der Waals surface area contributed by atoms with Gasteiger partial charge in [-0.1, -0.05) is 40.3 Å². The summed E-state index contributed by atoms with van der Waals surface area (Å²) in [6.07, 6.45) is 4.81. The topological polar surface area (TPSA) is 184 Å². The number of ether oxygens (including phenoxy) is 2. The van der Waals surface area contributed by atoms with Gasteiger partial charge in [0.25, 0.3) is 5.91 Å². The summed E-state index contributed by atoms with van der Waals surface area (Å²) in [7, 11) is 3.27. The highest BCUT2D eigenvalue weighted by molar-refractivity contribution is 5.96. The molecule has 0 saturated carbocycles. The average Bonchev–Trinajstić information content (AvgIpc) is 4.05. The normalized spacial score (nSPS) is 21.3. The molecule has 3 aliphatic rings. The quantitative estimate of drug-likeness (QED) is 0.145. The van der Waals surface area contributed by atoms with Gasteiger partial charge < -0.3 is 29.2 Å². The van der Waals surface area contributed by atoms with Crippen molar-refractivity contribution in [1.82, 2.24) is 45.3 Å². The fraction of sp³-hybridized carbons (Fsp3) is 0.521. The highest BCUT2D eigenvalue weighted by atomic mass is 16.5. The molecule has 2 fully saturated rings. The minimum absolute atomic E-state index is 0.0254. The van der Waals surface area contributed by atoms with Crippen molar-refractivity contribution in [2.45, 2.75) is 104 Å². The lowest BCUT2D eigenvalue weighted by Crippen LogP contribution is -2.62. The van der Waals surface area contributed by atoms with Crippen LogP contribution in [-0.2, 0) is 52.8 Å². The maximum atomic E-state index is 14.6. The molecule has 16 nitrogen and oxygen atoms in total. The number of aromatic amines is 1. The summed E-state index contributed by atoms with van der Waals surface area (Å²) in [4.78, 5) is 76.8. The van der Waals surface area contributed by atoms with Gasteiger partial charge in [-0.2, -0.15) is 5.10 Å². The molecule has 16 heteroatoms. The van der Waals surface area contributed by atoms with Crippen LogP contribution in [-0.4, -0.2) is 123 Å². The molecule has 6 bridgehead atoms. The number of esters is 1. The van der Waals surface area contributed by atoms with Gasteiger partial charge in [0.05, 0.1) is 41.4 Å². The first-order chi connectivity index (χ1) is 30.5. The van der Waals surface area contributed by atoms with Crippen LogP contribution in [0.15, 0.2) is 55.3 Å². The van der Waals surface area contributed by atoms with Crippen LogP contribution in [0, 0.1) is 17.3 Å². The van der Waals surface area contributed by atoms with Crippen molar-refractivity contribution < 1.29 is 33.4 Å². The zero-order valence-electron chi connectivity index (χ0n) is 38.4. The van der Waals surface area contributed by atoms with Crippen LogP contribution < -0.4 is 10.7 Å². The number of amides is 4. The largest absolute Gasteiger partial charge is 0.464 e. The van der Waals surface area contributed by atoms with Crippen molar-refractivity contribution in [1.29, 1.82) is 0 Å². The van der Waals surface area contributed by atoms with E-state index in [9.17, 15) is 24.0 Å². The fourth-order valence-corrected chi connectivity index (χ4v) is 9.58. The Labute approximate surface area is 375 Å². The van der Waals surface area contributed by atoms with Gasteiger partial charge in [0.1, 0.15) is 18.1 Å². The zero-order chi connectivity index (χ0) is 46.0. The number of pyridine rings is 1. The number of nitrogens with zero attached hydrogens (tertiary/aromatic N) is 6. The molecule has 0 spiro atoms. The third-order valence-corrected chi connectivity index (χ3v) is 13.0. The third kappa shape index (κ3) is 9.34. The second-order valence-electron chi connectivity index (χ2n) is 18.5. The van der Waals surface area contributed by atoms with Crippen LogP contribution >= 0.6 is 0 Å². The molecular weight excluding hydrogens is 815 g/mol. The van der Waals surface area contributed by atoms with E-state index in [0.717, 1.165) is 44.7 Å². The van der Waals surface area contributed by atoms with Crippen LogP contribution in [0.3, 0.4) is 0 Å². The van der Waals surface area contributed by atoms with E-state index >= 15 is 0 Å². The number of rotatable bonds is 10. The van der Waals surface area contributed by atoms with Crippen molar-refractivity contribution in [2.75, 3.05) is 40.4 Å². The first-order valence-corrected chi connectivity index (χ1v) is 22.5. The Hall–Kier alpha value is -5.87. The average molecular weight is 878 g/mol. The first kappa shape index (κ1) is 46.1. The molecule has 3 aliphatic heterocycles. The van der Waals surface area contributed by atoms with Gasteiger partial charge in [-0.25, -0.2) is 5.43 Å². The molecular formula is C48H63N9O7. The number of aromatic nitrogens is 4. The Bertz CT molecular complexity index is 2420. The highest BCUT2D eigenvalue weighted by Gasteiger charge is 2.40. The lowest BCUT2D eigenvalue weighted by atomic mass is 9.84. The minimum Gasteiger partial charge on any atom is -0.464 e. The maximum Gasteiger partial charge on any atom is 0.324 e. The predicted octanol–water partition coefficient (Wildman–Crippen LogP) is 4.99. The van der Waals surface area contributed by atoms with E-state index in [1.54, 1.807) is 25.3 Å². The van der Waals surface area contributed by atoms with Crippen molar-refractivity contribution in [3.63, 3.8) is 0 Å². The Balaban J connectivity index is 1.27. The fourth-order valence-electron chi connectivity index (χ4n) is 9.58. The molecule has 3 aromatic heterocycles. The predicted molar refractivity (Wildman–Crippen MR) is 242 cm³/mol. The SMILES string of the molecule is C=CC(=O)N1CCC(C(=O)N(C)[C@H](C(=O)N[C@H]2Cc3cc([nH]n3)-c3ccc4c(c3)c(c(-c3cccnc3[C@H](C)OC)n4CC)CC(C)(C)COC(=O)[C@@H]3CCCN(N3)C2=O)C(C)C)C1. The number of benzene rings is 1. The summed E-state index contributed by atoms with van der Waals surface area (Å²) in [6.45, 7) is 17.3. The molecule has 5 atom stereocenters. The van der Waals surface area contributed by atoms with Gasteiger partial charge in [0.2, 0.25) is 17.7 Å². The van der Waals surface area contributed by atoms with Crippen LogP contribution in [0.1, 0.15) is 83.9 Å². The standard InChI is InChI=1S/C48H63N9O7/c1-10-40(58)55-21-18-31(26-55)45(60)54(8)42(28(3)4)44(59)50-38-24-32-23-37(52-51-32)30-16-17-39-34(22-30)35(43(56(39)11-2)33-14-12-19-49-41(33)29(5)63-9)25-48(6,7)27-64-47(62)36-15-13-20-57(53-36)46(38)61/h10,12,14,16-17,19,22-23,28-29,31,36,38,42,53H,1,11,13,15,18,20-21,24-27H2,2-9H3,(H,50,59)(H,51,52)/t29-,31?,36-,38-,42-/m0/s1. The number of nitrogens with one attached hydrogen (secondary N) is 3. The van der Waals surface area contributed by atoms with Crippen molar-refractivity contribution in [3.8, 4) is 22.5 Å². The number of fused-ring (bicyclic) bond motifs is 6. The van der Waals surface area contributed by atoms with E-state index in [0.29, 0.717) is 51.0 Å². The summed E-state index contributed by atoms with van der Waals surface area (Å²) in [5, 5.41) is 13.3. The summed E-state index contributed by atoms with van der Waals surface area (Å²) in [5.41, 5.74) is 9.70. The number of hydrazine groups is 1. The van der Waals surface area contributed by atoms with E-state index in [-0.39, 0.29) is 43.4 Å². The molecule has 6 heterocycles. The number of H-pyrrole nitrogens is 1. The molecule has 4 amide bonds. The number of likely N-dealkylation sites (tertiary alicyclic amines) is 1. The molecule has 3 N–H and O–H groups in total. The number of carbonyl (C=O) groups excluding carboxylic acids is 5. The summed E-state index contributed by atoms with van der Waals surface area (Å²) >= 11 is 0. The highest BCUT2D eigenvalue weighted by Crippen LogP contribution is 2.42. The molecule has 342 valence electrons. The number of methoxy groups -OCH3 is 1. The number of cyclic esters (lactones) is 1. The van der Waals surface area contributed by atoms with Crippen molar-refractivity contribution >= 4 is 40.5 Å². The van der Waals surface area contributed by atoms with Gasteiger partial charge in [0.15, 0.2) is 0 Å². The smallest absolute Gasteiger partial charge is 0.324 e. The van der Waals surface area contributed by atoms with E-state index in [1.165, 1.54) is 16.0 Å². The lowest BCUT2D eigenvalue weighted by molar-refractivity contribution is -0.155. The maximum absolute atomic E-state index is 14.6. The van der Waals surface area contributed by atoms with Gasteiger partial charge in [0, 0.05) is 80.4 Å². The van der Waals surface area contributed by atoms with Gasteiger partial charge in [-0.3, -0.25) is 39.1 Å². The number of carbonyl (C=O) groups is 5. The molecule has 2 saturated heterocycles. The molecule has 4 aromatic rings. The van der Waals surface area contributed by atoms with Crippen LogP contribution in [0.4, 0.5) is 0 Å². The molecule has 64 heavy (non-hydrogen) atoms. The van der Waals surface area contributed by atoms with Crippen LogP contribution in [0.25, 0.3) is 33.4 Å². The molecule has 7 rings (SSSR count). The number of likely N-dealkylation sites (N-methyl/N-ethyl adjacent to an activating group) is 1. The van der Waals surface area contributed by atoms with E-state index in [4.69, 9.17) is 14.5 Å². The van der Waals surface area contributed by atoms with Crippen molar-refractivity contribution in [2.24, 2.45) is 17.3 Å². The van der Waals surface area contributed by atoms with E-state index < -0.39 is 47.2 Å². The summed E-state index contributed by atoms with van der Waals surface area (Å²) in [5.74, 6) is -2.70. The third-order valence-electron chi connectivity index (χ3n) is 13.0.